The average molecular weight is 486 g/mol. The minimum absolute atomic E-state index is 0.197. The predicted molar refractivity (Wildman–Crippen MR) is 132 cm³/mol. The van der Waals surface area contributed by atoms with Crippen LogP contribution < -0.4 is 5.32 Å². The van der Waals surface area contributed by atoms with E-state index < -0.39 is 0 Å². The van der Waals surface area contributed by atoms with Crippen LogP contribution in [0.25, 0.3) is 0 Å². The summed E-state index contributed by atoms with van der Waals surface area (Å²) in [4.78, 5) is 14.8. The van der Waals surface area contributed by atoms with E-state index >= 15 is 0 Å². The molecule has 2 aromatic carbocycles. The number of aryl methyl sites for hydroxylation is 1. The summed E-state index contributed by atoms with van der Waals surface area (Å²) in [6.45, 7) is 3.47. The number of unbranched alkanes of at least 4 members (excludes halogenated alkanes) is 4. The summed E-state index contributed by atoms with van der Waals surface area (Å²) in [5.41, 5.74) is 2.74. The Labute approximate surface area is 200 Å². The molecule has 2 amide bonds. The monoisotopic (exact) mass is 484 g/mol. The standard InChI is InChI=1S/C24H31Cl3N2O2/c1-2-3-8-18-9-11-19(12-10-18)17-29(13-6-4-5-7-14-30)24(31)28-23-21(26)15-20(25)16-22(23)27/h9-12,15-16,30H,2-8,13-14,17H2,1H3,(H,28,31). The smallest absolute Gasteiger partial charge is 0.322 e. The van der Waals surface area contributed by atoms with Crippen molar-refractivity contribution in [2.24, 2.45) is 0 Å². The van der Waals surface area contributed by atoms with Crippen molar-refractivity contribution < 1.29 is 9.90 Å². The van der Waals surface area contributed by atoms with E-state index in [4.69, 9.17) is 39.9 Å². The second-order valence-corrected chi connectivity index (χ2v) is 8.90. The summed E-state index contributed by atoms with van der Waals surface area (Å²) in [5, 5.41) is 12.8. The highest BCUT2D eigenvalue weighted by molar-refractivity contribution is 6.42. The zero-order valence-corrected chi connectivity index (χ0v) is 20.2. The van der Waals surface area contributed by atoms with Crippen molar-refractivity contribution >= 4 is 46.5 Å². The van der Waals surface area contributed by atoms with Gasteiger partial charge in [0.1, 0.15) is 0 Å². The molecule has 0 aliphatic rings. The van der Waals surface area contributed by atoms with Crippen molar-refractivity contribution in [3.05, 3.63) is 62.6 Å². The third kappa shape index (κ3) is 8.89. The number of aliphatic hydroxyl groups excluding tert-OH is 1. The molecule has 4 nitrogen and oxygen atoms in total. The van der Waals surface area contributed by atoms with Gasteiger partial charge in [-0.15, -0.1) is 0 Å². The molecule has 2 rings (SSSR count). The molecule has 31 heavy (non-hydrogen) atoms. The SMILES string of the molecule is CCCCc1ccc(CN(CCCCCCO)C(=O)Nc2c(Cl)cc(Cl)cc2Cl)cc1. The number of aliphatic hydroxyl groups is 1. The maximum Gasteiger partial charge on any atom is 0.322 e. The summed E-state index contributed by atoms with van der Waals surface area (Å²) < 4.78 is 0. The number of hydrogen-bond acceptors (Lipinski definition) is 2. The van der Waals surface area contributed by atoms with E-state index in [9.17, 15) is 4.79 Å². The van der Waals surface area contributed by atoms with E-state index in [2.05, 4.69) is 36.5 Å². The number of nitrogens with zero attached hydrogens (tertiary/aromatic N) is 1. The number of amides is 2. The third-order valence-corrected chi connectivity index (χ3v) is 5.89. The number of halogens is 3. The van der Waals surface area contributed by atoms with Crippen molar-refractivity contribution in [2.45, 2.75) is 58.4 Å². The first-order valence-corrected chi connectivity index (χ1v) is 12.0. The lowest BCUT2D eigenvalue weighted by Crippen LogP contribution is -2.35. The van der Waals surface area contributed by atoms with Crippen LogP contribution in [0.5, 0.6) is 0 Å². The van der Waals surface area contributed by atoms with Crippen LogP contribution in [0.15, 0.2) is 36.4 Å². The molecule has 2 N–H and O–H groups in total. The predicted octanol–water partition coefficient (Wildman–Crippen LogP) is 7.58. The molecule has 170 valence electrons. The summed E-state index contributed by atoms with van der Waals surface area (Å²) in [6.07, 6.45) is 6.92. The Morgan fingerprint density at radius 1 is 0.935 bits per heavy atom. The molecule has 0 aromatic heterocycles. The lowest BCUT2D eigenvalue weighted by molar-refractivity contribution is 0.207. The van der Waals surface area contributed by atoms with Crippen LogP contribution in [0.3, 0.4) is 0 Å². The van der Waals surface area contributed by atoms with Gasteiger partial charge in [0.2, 0.25) is 0 Å². The quantitative estimate of drug-likeness (QED) is 0.304. The fourth-order valence-corrected chi connectivity index (χ4v) is 4.19. The van der Waals surface area contributed by atoms with Crippen LogP contribution in [0.1, 0.15) is 56.6 Å². The van der Waals surface area contributed by atoms with Crippen LogP contribution in [0.4, 0.5) is 10.5 Å². The van der Waals surface area contributed by atoms with E-state index in [-0.39, 0.29) is 12.6 Å². The van der Waals surface area contributed by atoms with Gasteiger partial charge in [-0.05, 0) is 48.9 Å². The zero-order chi connectivity index (χ0) is 22.6. The molecular formula is C24H31Cl3N2O2. The van der Waals surface area contributed by atoms with E-state index in [0.717, 1.165) is 37.7 Å². The Morgan fingerprint density at radius 3 is 2.16 bits per heavy atom. The molecule has 0 saturated carbocycles. The topological polar surface area (TPSA) is 52.6 Å². The molecule has 0 heterocycles. The van der Waals surface area contributed by atoms with Crippen molar-refractivity contribution in [2.75, 3.05) is 18.5 Å². The van der Waals surface area contributed by atoms with Crippen LogP contribution in [0, 0.1) is 0 Å². The molecule has 0 aliphatic carbocycles. The Kier molecular flexibility index (Phi) is 11.5. The normalized spacial score (nSPS) is 10.9. The number of carbonyl (C=O) groups is 1. The van der Waals surface area contributed by atoms with E-state index in [1.54, 1.807) is 17.0 Å². The molecule has 2 aromatic rings. The summed E-state index contributed by atoms with van der Waals surface area (Å²) in [5.74, 6) is 0. The number of nitrogens with one attached hydrogen (secondary N) is 1. The largest absolute Gasteiger partial charge is 0.396 e. The average Bonchev–Trinajstić information content (AvgIpc) is 2.74. The van der Waals surface area contributed by atoms with Gasteiger partial charge in [0, 0.05) is 24.7 Å². The molecule has 7 heteroatoms. The summed E-state index contributed by atoms with van der Waals surface area (Å²) in [6, 6.07) is 11.3. The Hall–Kier alpha value is -1.46. The van der Waals surface area contributed by atoms with E-state index in [1.165, 1.54) is 18.4 Å². The molecule has 0 aliphatic heterocycles. The molecule has 0 bridgehead atoms. The lowest BCUT2D eigenvalue weighted by atomic mass is 10.1. The third-order valence-electron chi connectivity index (χ3n) is 5.08. The van der Waals surface area contributed by atoms with Gasteiger partial charge in [0.25, 0.3) is 0 Å². The van der Waals surface area contributed by atoms with Gasteiger partial charge in [-0.3, -0.25) is 0 Å². The molecule has 0 saturated heterocycles. The highest BCUT2D eigenvalue weighted by Crippen LogP contribution is 2.34. The molecule has 0 fully saturated rings. The molecular weight excluding hydrogens is 455 g/mol. The molecule has 0 radical (unpaired) electrons. The van der Waals surface area contributed by atoms with E-state index in [1.807, 2.05) is 0 Å². The number of hydrogen-bond donors (Lipinski definition) is 2. The first kappa shape index (κ1) is 25.8. The van der Waals surface area contributed by atoms with Gasteiger partial charge in [-0.25, -0.2) is 4.79 Å². The van der Waals surface area contributed by atoms with Gasteiger partial charge in [0.05, 0.1) is 15.7 Å². The van der Waals surface area contributed by atoms with Crippen LogP contribution in [-0.4, -0.2) is 29.2 Å². The van der Waals surface area contributed by atoms with Gasteiger partial charge >= 0.3 is 6.03 Å². The fraction of sp³-hybridized carbons (Fsp3) is 0.458. The molecule has 0 atom stereocenters. The minimum atomic E-state index is -0.261. The Balaban J connectivity index is 2.09. The van der Waals surface area contributed by atoms with E-state index in [0.29, 0.717) is 33.8 Å². The number of urea groups is 1. The number of carbonyl (C=O) groups excluding carboxylic acids is 1. The van der Waals surface area contributed by atoms with Crippen LogP contribution >= 0.6 is 34.8 Å². The maximum atomic E-state index is 13.1. The zero-order valence-electron chi connectivity index (χ0n) is 18.0. The first-order valence-electron chi connectivity index (χ1n) is 10.8. The van der Waals surface area contributed by atoms with Crippen LogP contribution in [-0.2, 0) is 13.0 Å². The lowest BCUT2D eigenvalue weighted by Gasteiger charge is -2.24. The van der Waals surface area contributed by atoms with Crippen molar-refractivity contribution in [3.63, 3.8) is 0 Å². The van der Waals surface area contributed by atoms with Gasteiger partial charge < -0.3 is 15.3 Å². The second kappa shape index (κ2) is 13.8. The first-order chi connectivity index (χ1) is 14.9. The molecule has 0 spiro atoms. The Morgan fingerprint density at radius 2 is 1.55 bits per heavy atom. The number of anilines is 1. The number of rotatable bonds is 12. The summed E-state index contributed by atoms with van der Waals surface area (Å²) >= 11 is 18.5. The molecule has 0 unspecified atom stereocenters. The fourth-order valence-electron chi connectivity index (χ4n) is 3.28. The highest BCUT2D eigenvalue weighted by Gasteiger charge is 2.17. The van der Waals surface area contributed by atoms with Crippen molar-refractivity contribution in [1.82, 2.24) is 4.90 Å². The minimum Gasteiger partial charge on any atom is -0.396 e. The van der Waals surface area contributed by atoms with Crippen molar-refractivity contribution in [1.29, 1.82) is 0 Å². The van der Waals surface area contributed by atoms with Crippen molar-refractivity contribution in [3.8, 4) is 0 Å². The number of benzene rings is 2. The van der Waals surface area contributed by atoms with Crippen LogP contribution in [0.2, 0.25) is 15.1 Å². The van der Waals surface area contributed by atoms with Gasteiger partial charge in [-0.2, -0.15) is 0 Å². The van der Waals surface area contributed by atoms with Gasteiger partial charge in [-0.1, -0.05) is 85.3 Å². The maximum absolute atomic E-state index is 13.1. The highest BCUT2D eigenvalue weighted by atomic mass is 35.5. The van der Waals surface area contributed by atoms with Gasteiger partial charge in [0.15, 0.2) is 0 Å². The second-order valence-electron chi connectivity index (χ2n) is 7.65. The Bertz CT molecular complexity index is 805. The summed E-state index contributed by atoms with van der Waals surface area (Å²) in [7, 11) is 0.